The van der Waals surface area contributed by atoms with E-state index in [0.717, 1.165) is 24.9 Å². The highest BCUT2D eigenvalue weighted by Crippen LogP contribution is 2.21. The zero-order valence-electron chi connectivity index (χ0n) is 14.0. The smallest absolute Gasteiger partial charge is 0.237 e. The number of benzene rings is 1. The van der Waals surface area contributed by atoms with Gasteiger partial charge in [0.15, 0.2) is 0 Å². The van der Waals surface area contributed by atoms with E-state index in [4.69, 9.17) is 5.11 Å². The number of hydrogen-bond donors (Lipinski definition) is 2. The maximum Gasteiger partial charge on any atom is 0.237 e. The second-order valence-corrected chi connectivity index (χ2v) is 6.63. The summed E-state index contributed by atoms with van der Waals surface area (Å²) in [5.41, 5.74) is 1.02. The maximum absolute atomic E-state index is 13.0. The molecular formula is C18H27FN2O2. The molecule has 1 aliphatic rings. The number of carbonyl (C=O) groups is 1. The summed E-state index contributed by atoms with van der Waals surface area (Å²) in [7, 11) is 0. The van der Waals surface area contributed by atoms with Crippen LogP contribution in [0.25, 0.3) is 0 Å². The van der Waals surface area contributed by atoms with E-state index in [1.807, 2.05) is 13.8 Å². The van der Waals surface area contributed by atoms with Crippen LogP contribution in [-0.4, -0.2) is 41.1 Å². The summed E-state index contributed by atoms with van der Waals surface area (Å²) in [6, 6.07) is 6.31. The third kappa shape index (κ3) is 5.01. The number of aliphatic hydroxyl groups excluding tert-OH is 1. The fourth-order valence-electron chi connectivity index (χ4n) is 3.13. The lowest BCUT2D eigenvalue weighted by Gasteiger charge is -2.28. The first kappa shape index (κ1) is 17.9. The van der Waals surface area contributed by atoms with Gasteiger partial charge in [-0.25, -0.2) is 4.39 Å². The van der Waals surface area contributed by atoms with Gasteiger partial charge in [-0.1, -0.05) is 26.0 Å². The molecule has 2 atom stereocenters. The first-order valence-corrected chi connectivity index (χ1v) is 8.41. The standard InChI is InChI=1S/C18H27FN2O2/c1-13(2)16(9-11-22)20-18(23)17-4-3-10-21(17)12-14-5-7-15(19)8-6-14/h5-8,13,16-17,22H,3-4,9-12H2,1-2H3,(H,20,23). The minimum Gasteiger partial charge on any atom is -0.396 e. The van der Waals surface area contributed by atoms with Gasteiger partial charge in [-0.2, -0.15) is 0 Å². The van der Waals surface area contributed by atoms with Gasteiger partial charge < -0.3 is 10.4 Å². The molecule has 5 heteroatoms. The second kappa shape index (κ2) is 8.41. The van der Waals surface area contributed by atoms with Crippen molar-refractivity contribution in [1.29, 1.82) is 0 Å². The SMILES string of the molecule is CC(C)C(CCO)NC(=O)C1CCCN1Cc1ccc(F)cc1. The highest BCUT2D eigenvalue weighted by atomic mass is 19.1. The Labute approximate surface area is 137 Å². The molecule has 23 heavy (non-hydrogen) atoms. The number of nitrogens with one attached hydrogen (secondary N) is 1. The minimum absolute atomic E-state index is 0.000714. The molecule has 0 radical (unpaired) electrons. The van der Waals surface area contributed by atoms with Gasteiger partial charge in [-0.3, -0.25) is 9.69 Å². The Morgan fingerprint density at radius 1 is 1.39 bits per heavy atom. The van der Waals surface area contributed by atoms with Crippen LogP contribution in [0.15, 0.2) is 24.3 Å². The molecule has 0 aliphatic carbocycles. The first-order chi connectivity index (χ1) is 11.0. The van der Waals surface area contributed by atoms with Gasteiger partial charge in [0, 0.05) is 19.2 Å². The van der Waals surface area contributed by atoms with Gasteiger partial charge in [0.1, 0.15) is 5.82 Å². The van der Waals surface area contributed by atoms with Crippen molar-refractivity contribution in [2.45, 2.75) is 51.7 Å². The Kier molecular flexibility index (Phi) is 6.54. The molecule has 1 fully saturated rings. The zero-order valence-corrected chi connectivity index (χ0v) is 14.0. The lowest BCUT2D eigenvalue weighted by atomic mass is 10.0. The Morgan fingerprint density at radius 2 is 2.09 bits per heavy atom. The van der Waals surface area contributed by atoms with Crippen LogP contribution in [0.5, 0.6) is 0 Å². The van der Waals surface area contributed by atoms with Crippen LogP contribution in [0, 0.1) is 11.7 Å². The number of rotatable bonds is 7. The van der Waals surface area contributed by atoms with Crippen molar-refractivity contribution >= 4 is 5.91 Å². The summed E-state index contributed by atoms with van der Waals surface area (Å²) in [4.78, 5) is 14.7. The first-order valence-electron chi connectivity index (χ1n) is 8.41. The highest BCUT2D eigenvalue weighted by molar-refractivity contribution is 5.82. The fourth-order valence-corrected chi connectivity index (χ4v) is 3.13. The highest BCUT2D eigenvalue weighted by Gasteiger charge is 2.32. The maximum atomic E-state index is 13.0. The van der Waals surface area contributed by atoms with Crippen LogP contribution in [0.2, 0.25) is 0 Å². The molecule has 0 bridgehead atoms. The van der Waals surface area contributed by atoms with Crippen molar-refractivity contribution in [2.24, 2.45) is 5.92 Å². The summed E-state index contributed by atoms with van der Waals surface area (Å²) >= 11 is 0. The third-order valence-electron chi connectivity index (χ3n) is 4.54. The van der Waals surface area contributed by atoms with Crippen molar-refractivity contribution < 1.29 is 14.3 Å². The second-order valence-electron chi connectivity index (χ2n) is 6.63. The van der Waals surface area contributed by atoms with Gasteiger partial charge >= 0.3 is 0 Å². The summed E-state index contributed by atoms with van der Waals surface area (Å²) in [6.45, 7) is 5.71. The van der Waals surface area contributed by atoms with Crippen molar-refractivity contribution in [2.75, 3.05) is 13.2 Å². The monoisotopic (exact) mass is 322 g/mol. The van der Waals surface area contributed by atoms with Crippen LogP contribution in [0.4, 0.5) is 4.39 Å². The number of likely N-dealkylation sites (tertiary alicyclic amines) is 1. The van der Waals surface area contributed by atoms with Gasteiger partial charge in [-0.05, 0) is 49.4 Å². The number of carbonyl (C=O) groups excluding carboxylic acids is 1. The number of hydrogen-bond acceptors (Lipinski definition) is 3. The Bertz CT molecular complexity index is 504. The molecule has 0 spiro atoms. The molecule has 0 saturated carbocycles. The molecule has 1 aromatic carbocycles. The van der Waals surface area contributed by atoms with Crippen LogP contribution >= 0.6 is 0 Å². The van der Waals surface area contributed by atoms with E-state index in [0.29, 0.717) is 13.0 Å². The number of aliphatic hydroxyl groups is 1. The predicted octanol–water partition coefficient (Wildman–Crippen LogP) is 2.31. The largest absolute Gasteiger partial charge is 0.396 e. The molecule has 1 aliphatic heterocycles. The van der Waals surface area contributed by atoms with Gasteiger partial charge in [0.05, 0.1) is 6.04 Å². The zero-order chi connectivity index (χ0) is 16.8. The topological polar surface area (TPSA) is 52.6 Å². The minimum atomic E-state index is -0.242. The van der Waals surface area contributed by atoms with Gasteiger partial charge in [0.25, 0.3) is 0 Å². The molecule has 1 saturated heterocycles. The van der Waals surface area contributed by atoms with Crippen LogP contribution < -0.4 is 5.32 Å². The van der Waals surface area contributed by atoms with Gasteiger partial charge in [-0.15, -0.1) is 0 Å². The normalized spacial score (nSPS) is 20.0. The Hall–Kier alpha value is -1.46. The molecule has 4 nitrogen and oxygen atoms in total. The van der Waals surface area contributed by atoms with E-state index in [-0.39, 0.29) is 36.3 Å². The lowest BCUT2D eigenvalue weighted by Crippen LogP contribution is -2.48. The Morgan fingerprint density at radius 3 is 2.70 bits per heavy atom. The Balaban J connectivity index is 1.97. The van der Waals surface area contributed by atoms with E-state index in [1.54, 1.807) is 12.1 Å². The number of amides is 1. The summed E-state index contributed by atoms with van der Waals surface area (Å²) in [5, 5.41) is 12.2. The van der Waals surface area contributed by atoms with Crippen molar-refractivity contribution in [3.8, 4) is 0 Å². The summed E-state index contributed by atoms with van der Waals surface area (Å²) in [5.74, 6) is 0.0862. The third-order valence-corrected chi connectivity index (χ3v) is 4.54. The molecule has 2 unspecified atom stereocenters. The molecule has 128 valence electrons. The van der Waals surface area contributed by atoms with Crippen molar-refractivity contribution in [1.82, 2.24) is 10.2 Å². The molecule has 1 heterocycles. The molecular weight excluding hydrogens is 295 g/mol. The van der Waals surface area contributed by atoms with E-state index in [1.165, 1.54) is 12.1 Å². The molecule has 1 amide bonds. The van der Waals surface area contributed by atoms with Crippen molar-refractivity contribution in [3.63, 3.8) is 0 Å². The molecule has 0 aromatic heterocycles. The van der Waals surface area contributed by atoms with E-state index >= 15 is 0 Å². The van der Waals surface area contributed by atoms with Gasteiger partial charge in [0.2, 0.25) is 5.91 Å². The lowest BCUT2D eigenvalue weighted by molar-refractivity contribution is -0.126. The van der Waals surface area contributed by atoms with Crippen LogP contribution in [-0.2, 0) is 11.3 Å². The molecule has 2 N–H and O–H groups in total. The fraction of sp³-hybridized carbons (Fsp3) is 0.611. The summed E-state index contributed by atoms with van der Waals surface area (Å²) < 4.78 is 13.0. The van der Waals surface area contributed by atoms with Crippen LogP contribution in [0.1, 0.15) is 38.7 Å². The van der Waals surface area contributed by atoms with Crippen LogP contribution in [0.3, 0.4) is 0 Å². The molecule has 2 rings (SSSR count). The average molecular weight is 322 g/mol. The quantitative estimate of drug-likeness (QED) is 0.810. The van der Waals surface area contributed by atoms with E-state index in [9.17, 15) is 9.18 Å². The number of nitrogens with zero attached hydrogens (tertiary/aromatic N) is 1. The van der Waals surface area contributed by atoms with E-state index < -0.39 is 0 Å². The summed E-state index contributed by atoms with van der Waals surface area (Å²) in [6.07, 6.45) is 2.41. The predicted molar refractivity (Wildman–Crippen MR) is 88.3 cm³/mol. The van der Waals surface area contributed by atoms with Crippen molar-refractivity contribution in [3.05, 3.63) is 35.6 Å². The van der Waals surface area contributed by atoms with E-state index in [2.05, 4.69) is 10.2 Å². The average Bonchev–Trinajstić information content (AvgIpc) is 2.97. The molecule has 1 aromatic rings. The number of halogens is 1.